The first-order chi connectivity index (χ1) is 20.2. The molecule has 0 saturated carbocycles. The molecule has 5 heteroatoms. The summed E-state index contributed by atoms with van der Waals surface area (Å²) in [7, 11) is 0. The Balaban J connectivity index is 0.00000353. The second-order valence-electron chi connectivity index (χ2n) is 11.1. The largest absolute Gasteiger partial charge is 0.335 e. The average molecular weight is 578 g/mol. The van der Waals surface area contributed by atoms with E-state index in [2.05, 4.69) is 119 Å². The molecular weight excluding hydrogens is 538 g/mol. The van der Waals surface area contributed by atoms with Gasteiger partial charge in [0, 0.05) is 41.2 Å². The molecule has 1 saturated heterocycles. The van der Waals surface area contributed by atoms with Gasteiger partial charge in [-0.2, -0.15) is 0 Å². The molecule has 0 radical (unpaired) electrons. The van der Waals surface area contributed by atoms with Crippen molar-refractivity contribution in [2.45, 2.75) is 45.1 Å². The van der Waals surface area contributed by atoms with Gasteiger partial charge in [0.1, 0.15) is 5.69 Å². The number of rotatable bonds is 10. The van der Waals surface area contributed by atoms with Gasteiger partial charge in [-0.1, -0.05) is 104 Å². The van der Waals surface area contributed by atoms with Gasteiger partial charge in [-0.25, -0.2) is 0 Å². The molecule has 0 aliphatic carbocycles. The Bertz CT molecular complexity index is 1550. The van der Waals surface area contributed by atoms with E-state index in [1.807, 2.05) is 12.1 Å². The molecular formula is C37H40ClN3O. The van der Waals surface area contributed by atoms with Crippen LogP contribution in [-0.2, 0) is 13.0 Å². The number of hydrogen-bond acceptors (Lipinski definition) is 2. The quantitative estimate of drug-likeness (QED) is 0.180. The lowest BCUT2D eigenvalue weighted by molar-refractivity contribution is 0.101. The molecule has 4 nitrogen and oxygen atoms in total. The van der Waals surface area contributed by atoms with E-state index in [9.17, 15) is 4.79 Å². The lowest BCUT2D eigenvalue weighted by atomic mass is 9.83. The molecule has 6 rings (SSSR count). The van der Waals surface area contributed by atoms with Crippen LogP contribution in [0.4, 0.5) is 5.69 Å². The molecule has 0 spiro atoms. The molecule has 1 amide bonds. The SMILES string of the molecule is CCCc1ccc(NC(=O)c2c(C(c3ccccc3)c3ccccc3)c3ccccc3n2CCN2CCCC2)cc1.Cl. The maximum atomic E-state index is 14.5. The maximum absolute atomic E-state index is 14.5. The molecule has 5 aromatic rings. The van der Waals surface area contributed by atoms with Gasteiger partial charge in [-0.15, -0.1) is 12.4 Å². The van der Waals surface area contributed by atoms with Crippen LogP contribution in [0.5, 0.6) is 0 Å². The topological polar surface area (TPSA) is 37.3 Å². The zero-order valence-corrected chi connectivity index (χ0v) is 25.2. The van der Waals surface area contributed by atoms with Crippen molar-refractivity contribution in [3.05, 3.63) is 137 Å². The third-order valence-corrected chi connectivity index (χ3v) is 8.37. The Morgan fingerprint density at radius 2 is 1.36 bits per heavy atom. The number of amides is 1. The normalized spacial score (nSPS) is 13.4. The molecule has 1 aromatic heterocycles. The zero-order chi connectivity index (χ0) is 28.0. The number of para-hydroxylation sites is 1. The van der Waals surface area contributed by atoms with Gasteiger partial charge in [0.25, 0.3) is 5.91 Å². The number of halogens is 1. The third kappa shape index (κ3) is 6.30. The number of benzene rings is 4. The summed E-state index contributed by atoms with van der Waals surface area (Å²) < 4.78 is 2.28. The lowest BCUT2D eigenvalue weighted by Gasteiger charge is -2.22. The van der Waals surface area contributed by atoms with Crippen LogP contribution in [0, 0.1) is 0 Å². The van der Waals surface area contributed by atoms with E-state index in [-0.39, 0.29) is 24.2 Å². The molecule has 42 heavy (non-hydrogen) atoms. The first-order valence-electron chi connectivity index (χ1n) is 15.1. The van der Waals surface area contributed by atoms with Gasteiger partial charge in [0.2, 0.25) is 0 Å². The highest BCUT2D eigenvalue weighted by atomic mass is 35.5. The molecule has 216 valence electrons. The van der Waals surface area contributed by atoms with Gasteiger partial charge >= 0.3 is 0 Å². The predicted octanol–water partition coefficient (Wildman–Crippen LogP) is 8.54. The summed E-state index contributed by atoms with van der Waals surface area (Å²) in [5, 5.41) is 4.42. The number of aryl methyl sites for hydroxylation is 1. The van der Waals surface area contributed by atoms with E-state index >= 15 is 0 Å². The van der Waals surface area contributed by atoms with Crippen molar-refractivity contribution >= 4 is 34.9 Å². The molecule has 0 atom stereocenters. The van der Waals surface area contributed by atoms with Crippen molar-refractivity contribution in [2.24, 2.45) is 0 Å². The first kappa shape index (κ1) is 29.6. The molecule has 1 fully saturated rings. The van der Waals surface area contributed by atoms with Crippen molar-refractivity contribution in [1.29, 1.82) is 0 Å². The van der Waals surface area contributed by atoms with E-state index in [4.69, 9.17) is 0 Å². The van der Waals surface area contributed by atoms with E-state index in [1.165, 1.54) is 29.5 Å². The van der Waals surface area contributed by atoms with Crippen LogP contribution in [0.2, 0.25) is 0 Å². The standard InChI is InChI=1S/C37H39N3O.ClH/c1-2-13-28-20-22-31(23-21-28)38-37(41)36-35(34(29-14-5-3-6-15-29)30-16-7-4-8-17-30)32-18-9-10-19-33(32)40(36)27-26-39-24-11-12-25-39;/h3-10,14-23,34H,2,11-13,24-27H2,1H3,(H,38,41);1H. The third-order valence-electron chi connectivity index (χ3n) is 8.37. The van der Waals surface area contributed by atoms with E-state index in [0.29, 0.717) is 0 Å². The van der Waals surface area contributed by atoms with Crippen LogP contribution in [0.1, 0.15) is 64.8 Å². The van der Waals surface area contributed by atoms with Gasteiger partial charge in [-0.05, 0) is 67.2 Å². The second-order valence-corrected chi connectivity index (χ2v) is 11.1. The molecule has 1 aliphatic rings. The number of anilines is 1. The number of fused-ring (bicyclic) bond motifs is 1. The summed E-state index contributed by atoms with van der Waals surface area (Å²) in [6.45, 7) is 6.16. The second kappa shape index (κ2) is 13.9. The van der Waals surface area contributed by atoms with E-state index < -0.39 is 0 Å². The summed E-state index contributed by atoms with van der Waals surface area (Å²) >= 11 is 0. The number of aromatic nitrogens is 1. The Labute approximate surface area is 255 Å². The fourth-order valence-corrected chi connectivity index (χ4v) is 6.40. The fourth-order valence-electron chi connectivity index (χ4n) is 6.40. The fraction of sp³-hybridized carbons (Fsp3) is 0.270. The molecule has 1 aliphatic heterocycles. The Hall–Kier alpha value is -3.86. The Kier molecular flexibility index (Phi) is 9.78. The van der Waals surface area contributed by atoms with Crippen LogP contribution >= 0.6 is 12.4 Å². The van der Waals surface area contributed by atoms with Crippen molar-refractivity contribution in [3.8, 4) is 0 Å². The van der Waals surface area contributed by atoms with Crippen molar-refractivity contribution in [2.75, 3.05) is 25.0 Å². The summed E-state index contributed by atoms with van der Waals surface area (Å²) in [4.78, 5) is 17.0. The average Bonchev–Trinajstić information content (AvgIpc) is 3.65. The monoisotopic (exact) mass is 577 g/mol. The number of nitrogens with one attached hydrogen (secondary N) is 1. The summed E-state index contributed by atoms with van der Waals surface area (Å²) in [6, 6.07) is 38.1. The van der Waals surface area contributed by atoms with Crippen LogP contribution < -0.4 is 5.32 Å². The highest BCUT2D eigenvalue weighted by Gasteiger charge is 2.30. The predicted molar refractivity (Wildman–Crippen MR) is 177 cm³/mol. The van der Waals surface area contributed by atoms with Crippen LogP contribution in [0.25, 0.3) is 10.9 Å². The van der Waals surface area contributed by atoms with E-state index in [1.54, 1.807) is 0 Å². The molecule has 1 N–H and O–H groups in total. The highest BCUT2D eigenvalue weighted by molar-refractivity contribution is 6.09. The zero-order valence-electron chi connectivity index (χ0n) is 24.3. The lowest BCUT2D eigenvalue weighted by Crippen LogP contribution is -2.27. The van der Waals surface area contributed by atoms with Crippen molar-refractivity contribution in [1.82, 2.24) is 9.47 Å². The minimum absolute atomic E-state index is 0. The van der Waals surface area contributed by atoms with Gasteiger partial charge in [0.05, 0.1) is 0 Å². The maximum Gasteiger partial charge on any atom is 0.272 e. The van der Waals surface area contributed by atoms with Gasteiger partial charge < -0.3 is 14.8 Å². The first-order valence-corrected chi connectivity index (χ1v) is 15.1. The van der Waals surface area contributed by atoms with Crippen molar-refractivity contribution in [3.63, 3.8) is 0 Å². The smallest absolute Gasteiger partial charge is 0.272 e. The van der Waals surface area contributed by atoms with Crippen LogP contribution in [0.3, 0.4) is 0 Å². The summed E-state index contributed by atoms with van der Waals surface area (Å²) in [6.07, 6.45) is 4.65. The number of likely N-dealkylation sites (tertiary alicyclic amines) is 1. The summed E-state index contributed by atoms with van der Waals surface area (Å²) in [5.41, 5.74) is 7.41. The molecule has 0 unspecified atom stereocenters. The Morgan fingerprint density at radius 3 is 1.98 bits per heavy atom. The van der Waals surface area contributed by atoms with Gasteiger partial charge in [0.15, 0.2) is 0 Å². The van der Waals surface area contributed by atoms with Crippen molar-refractivity contribution < 1.29 is 4.79 Å². The summed E-state index contributed by atoms with van der Waals surface area (Å²) in [5.74, 6) is -0.138. The van der Waals surface area contributed by atoms with Crippen LogP contribution in [0.15, 0.2) is 109 Å². The molecule has 4 aromatic carbocycles. The van der Waals surface area contributed by atoms with Gasteiger partial charge in [-0.3, -0.25) is 4.79 Å². The Morgan fingerprint density at radius 1 is 0.762 bits per heavy atom. The molecule has 2 heterocycles. The minimum Gasteiger partial charge on any atom is -0.335 e. The highest BCUT2D eigenvalue weighted by Crippen LogP contribution is 2.40. The minimum atomic E-state index is -0.0805. The number of nitrogens with zero attached hydrogens (tertiary/aromatic N) is 2. The number of hydrogen-bond donors (Lipinski definition) is 1. The van der Waals surface area contributed by atoms with Crippen LogP contribution in [-0.4, -0.2) is 35.0 Å². The number of carbonyl (C=O) groups excluding carboxylic acids is 1. The molecule has 0 bridgehead atoms. The number of carbonyl (C=O) groups is 1. The van der Waals surface area contributed by atoms with E-state index in [0.717, 1.165) is 66.9 Å².